The Kier molecular flexibility index (Phi) is 3.03. The van der Waals surface area contributed by atoms with E-state index in [9.17, 15) is 0 Å². The van der Waals surface area contributed by atoms with Crippen molar-refractivity contribution in [3.05, 3.63) is 48.0 Å². The van der Waals surface area contributed by atoms with Crippen LogP contribution in [0.5, 0.6) is 0 Å². The highest BCUT2D eigenvalue weighted by atomic mass is 32.2. The molecular weight excluding hydrogens is 266 g/mol. The van der Waals surface area contributed by atoms with Crippen LogP contribution in [0.3, 0.4) is 0 Å². The molecule has 2 bridgehead atoms. The highest BCUT2D eigenvalue weighted by Crippen LogP contribution is 2.35. The van der Waals surface area contributed by atoms with Gasteiger partial charge >= 0.3 is 0 Å². The number of anilines is 2. The fraction of sp³-hybridized carbons (Fsp3) is 0.312. The molecule has 2 aromatic rings. The van der Waals surface area contributed by atoms with Crippen molar-refractivity contribution in [2.45, 2.75) is 23.2 Å². The second-order valence-electron chi connectivity index (χ2n) is 5.37. The van der Waals surface area contributed by atoms with Crippen molar-refractivity contribution >= 4 is 23.3 Å². The van der Waals surface area contributed by atoms with Crippen LogP contribution in [0.2, 0.25) is 0 Å². The van der Waals surface area contributed by atoms with Crippen molar-refractivity contribution in [1.82, 2.24) is 4.98 Å². The topological polar surface area (TPSA) is 28.2 Å². The number of hydrogen-bond acceptors (Lipinski definition) is 4. The first-order valence-electron chi connectivity index (χ1n) is 7.08. The molecule has 0 amide bonds. The van der Waals surface area contributed by atoms with Gasteiger partial charge in [0.05, 0.1) is 10.7 Å². The summed E-state index contributed by atoms with van der Waals surface area (Å²) in [5.74, 6) is 2.04. The molecule has 0 spiro atoms. The number of nitrogens with zero attached hydrogens (tertiary/aromatic N) is 2. The number of pyridine rings is 1. The maximum atomic E-state index is 4.78. The largest absolute Gasteiger partial charge is 0.366 e. The molecule has 1 aromatic heterocycles. The van der Waals surface area contributed by atoms with Gasteiger partial charge in [0.15, 0.2) is 5.82 Å². The van der Waals surface area contributed by atoms with Crippen LogP contribution >= 0.6 is 11.8 Å². The Bertz CT molecular complexity index is 614. The van der Waals surface area contributed by atoms with Crippen LogP contribution in [0.25, 0.3) is 0 Å². The number of benzene rings is 1. The van der Waals surface area contributed by atoms with E-state index in [0.29, 0.717) is 6.04 Å². The molecule has 102 valence electrons. The van der Waals surface area contributed by atoms with Crippen molar-refractivity contribution in [2.75, 3.05) is 23.3 Å². The summed E-state index contributed by atoms with van der Waals surface area (Å²) in [4.78, 5) is 7.22. The van der Waals surface area contributed by atoms with Gasteiger partial charge in [0, 0.05) is 24.9 Å². The molecule has 2 aliphatic rings. The van der Waals surface area contributed by atoms with Gasteiger partial charge in [0.2, 0.25) is 0 Å². The van der Waals surface area contributed by atoms with Crippen molar-refractivity contribution < 1.29 is 0 Å². The molecule has 1 atom stereocenters. The molecule has 20 heavy (non-hydrogen) atoms. The number of nitrogens with one attached hydrogen (secondary N) is 1. The van der Waals surface area contributed by atoms with Crippen molar-refractivity contribution in [3.8, 4) is 0 Å². The molecule has 1 saturated heterocycles. The molecule has 2 aliphatic heterocycles. The smallest absolute Gasteiger partial charge is 0.151 e. The van der Waals surface area contributed by atoms with Crippen LogP contribution in [0, 0.1) is 0 Å². The predicted molar refractivity (Wildman–Crippen MR) is 84.5 cm³/mol. The molecule has 3 nitrogen and oxygen atoms in total. The highest BCUT2D eigenvalue weighted by Gasteiger charge is 2.30. The van der Waals surface area contributed by atoms with Crippen molar-refractivity contribution in [1.29, 1.82) is 0 Å². The van der Waals surface area contributed by atoms with E-state index in [4.69, 9.17) is 4.98 Å². The quantitative estimate of drug-likeness (QED) is 0.874. The predicted octanol–water partition coefficient (Wildman–Crippen LogP) is 3.38. The summed E-state index contributed by atoms with van der Waals surface area (Å²) in [6.07, 6.45) is 1.23. The van der Waals surface area contributed by atoms with Gasteiger partial charge in [0.25, 0.3) is 0 Å². The zero-order valence-corrected chi connectivity index (χ0v) is 12.1. The first-order chi connectivity index (χ1) is 9.88. The SMILES string of the molecule is c1ccc(CSc2ccc3c(n2)NC2CCN3C2)cc1. The number of fused-ring (bicyclic) bond motifs is 4. The molecule has 1 fully saturated rings. The average molecular weight is 283 g/mol. The standard InChI is InChI=1S/C16H17N3S/c1-2-4-12(5-3-1)11-20-15-7-6-14-16(18-15)17-13-8-9-19(14)10-13/h1-7,13H,8-11H2,(H,17,18). The minimum Gasteiger partial charge on any atom is -0.366 e. The lowest BCUT2D eigenvalue weighted by molar-refractivity contribution is 0.784. The third-order valence-corrected chi connectivity index (χ3v) is 4.95. The zero-order chi connectivity index (χ0) is 13.4. The molecule has 1 unspecified atom stereocenters. The second-order valence-corrected chi connectivity index (χ2v) is 6.36. The molecule has 0 radical (unpaired) electrons. The Balaban J connectivity index is 1.51. The summed E-state index contributed by atoms with van der Waals surface area (Å²) < 4.78 is 0. The zero-order valence-electron chi connectivity index (χ0n) is 11.2. The van der Waals surface area contributed by atoms with E-state index in [1.807, 2.05) is 0 Å². The van der Waals surface area contributed by atoms with Gasteiger partial charge in [-0.25, -0.2) is 4.98 Å². The minimum absolute atomic E-state index is 0.587. The molecular formula is C16H17N3S. The Hall–Kier alpha value is -1.68. The van der Waals surface area contributed by atoms with Crippen LogP contribution < -0.4 is 10.2 Å². The first kappa shape index (κ1) is 12.1. The molecule has 1 N–H and O–H groups in total. The first-order valence-corrected chi connectivity index (χ1v) is 8.06. The summed E-state index contributed by atoms with van der Waals surface area (Å²) in [6, 6.07) is 15.5. The van der Waals surface area contributed by atoms with Gasteiger partial charge in [-0.05, 0) is 24.1 Å². The van der Waals surface area contributed by atoms with E-state index in [0.717, 1.165) is 29.7 Å². The monoisotopic (exact) mass is 283 g/mol. The number of hydrogen-bond donors (Lipinski definition) is 1. The highest BCUT2D eigenvalue weighted by molar-refractivity contribution is 7.98. The fourth-order valence-electron chi connectivity index (χ4n) is 2.90. The van der Waals surface area contributed by atoms with E-state index in [1.165, 1.54) is 17.7 Å². The Morgan fingerprint density at radius 2 is 2.10 bits per heavy atom. The minimum atomic E-state index is 0.587. The van der Waals surface area contributed by atoms with E-state index in [-0.39, 0.29) is 0 Å². The fourth-order valence-corrected chi connectivity index (χ4v) is 3.72. The van der Waals surface area contributed by atoms with Gasteiger partial charge in [-0.3, -0.25) is 0 Å². The maximum absolute atomic E-state index is 4.78. The molecule has 0 aliphatic carbocycles. The van der Waals surface area contributed by atoms with Gasteiger partial charge < -0.3 is 10.2 Å². The summed E-state index contributed by atoms with van der Waals surface area (Å²) in [6.45, 7) is 2.29. The third kappa shape index (κ3) is 2.24. The summed E-state index contributed by atoms with van der Waals surface area (Å²) in [5, 5.41) is 4.66. The lowest BCUT2D eigenvalue weighted by Crippen LogP contribution is -2.32. The van der Waals surface area contributed by atoms with Crippen LogP contribution in [-0.4, -0.2) is 24.1 Å². The molecule has 3 heterocycles. The molecule has 1 aromatic carbocycles. The van der Waals surface area contributed by atoms with E-state index >= 15 is 0 Å². The van der Waals surface area contributed by atoms with Gasteiger partial charge in [0.1, 0.15) is 0 Å². The van der Waals surface area contributed by atoms with Crippen LogP contribution in [0.4, 0.5) is 11.5 Å². The number of thioether (sulfide) groups is 1. The Labute approximate surface area is 123 Å². The molecule has 0 saturated carbocycles. The van der Waals surface area contributed by atoms with E-state index in [1.54, 1.807) is 11.8 Å². The third-order valence-electron chi connectivity index (χ3n) is 3.95. The Morgan fingerprint density at radius 1 is 1.20 bits per heavy atom. The molecule has 4 heteroatoms. The number of rotatable bonds is 3. The van der Waals surface area contributed by atoms with Crippen LogP contribution in [0.1, 0.15) is 12.0 Å². The van der Waals surface area contributed by atoms with Crippen LogP contribution in [-0.2, 0) is 5.75 Å². The Morgan fingerprint density at radius 3 is 3.00 bits per heavy atom. The van der Waals surface area contributed by atoms with Gasteiger partial charge in [-0.15, -0.1) is 11.8 Å². The van der Waals surface area contributed by atoms with Crippen molar-refractivity contribution in [3.63, 3.8) is 0 Å². The molecule has 4 rings (SSSR count). The van der Waals surface area contributed by atoms with E-state index < -0.39 is 0 Å². The lowest BCUT2D eigenvalue weighted by Gasteiger charge is -2.27. The summed E-state index contributed by atoms with van der Waals surface area (Å²) >= 11 is 1.80. The average Bonchev–Trinajstić information content (AvgIpc) is 2.88. The second kappa shape index (κ2) is 5.02. The van der Waals surface area contributed by atoms with E-state index in [2.05, 4.69) is 52.7 Å². The lowest BCUT2D eigenvalue weighted by atomic mass is 10.2. The van der Waals surface area contributed by atoms with Crippen LogP contribution in [0.15, 0.2) is 47.5 Å². The normalized spacial score (nSPS) is 19.6. The van der Waals surface area contributed by atoms with Gasteiger partial charge in [-0.2, -0.15) is 0 Å². The van der Waals surface area contributed by atoms with Crippen molar-refractivity contribution in [2.24, 2.45) is 0 Å². The summed E-state index contributed by atoms with van der Waals surface area (Å²) in [5.41, 5.74) is 2.61. The maximum Gasteiger partial charge on any atom is 0.151 e. The van der Waals surface area contributed by atoms with Gasteiger partial charge in [-0.1, -0.05) is 30.3 Å². The number of aromatic nitrogens is 1. The summed E-state index contributed by atoms with van der Waals surface area (Å²) in [7, 11) is 0.